The third-order valence-electron chi connectivity index (χ3n) is 6.31. The van der Waals surface area contributed by atoms with Gasteiger partial charge in [0.05, 0.1) is 0 Å². The van der Waals surface area contributed by atoms with Crippen LogP contribution in [-0.4, -0.2) is 39.5 Å². The largest absolute Gasteiger partial charge is 0.479 e. The van der Waals surface area contributed by atoms with Gasteiger partial charge in [0.1, 0.15) is 5.78 Å². The highest BCUT2D eigenvalue weighted by Gasteiger charge is 2.41. The van der Waals surface area contributed by atoms with Crippen LogP contribution < -0.4 is 5.32 Å². The number of amides is 1. The first kappa shape index (κ1) is 27.3. The molecular weight excluding hydrogens is 394 g/mol. The Labute approximate surface area is 187 Å². The highest BCUT2D eigenvalue weighted by Crippen LogP contribution is 2.35. The molecule has 1 aliphatic carbocycles. The van der Waals surface area contributed by atoms with Crippen LogP contribution in [0, 0.1) is 11.8 Å². The van der Waals surface area contributed by atoms with E-state index in [0.29, 0.717) is 19.3 Å². The Balaban J connectivity index is 2.63. The second-order valence-corrected chi connectivity index (χ2v) is 9.23. The molecule has 0 bridgehead atoms. The predicted molar refractivity (Wildman–Crippen MR) is 123 cm³/mol. The second-order valence-electron chi connectivity index (χ2n) is 9.23. The zero-order valence-corrected chi connectivity index (χ0v) is 19.7. The van der Waals surface area contributed by atoms with Crippen LogP contribution in [-0.2, 0) is 14.4 Å². The lowest BCUT2D eigenvalue weighted by atomic mass is 9.87. The first-order chi connectivity index (χ1) is 14.7. The van der Waals surface area contributed by atoms with Crippen LogP contribution in [0.2, 0.25) is 0 Å². The molecule has 1 amide bonds. The minimum absolute atomic E-state index is 0.0122. The highest BCUT2D eigenvalue weighted by molar-refractivity contribution is 5.86. The van der Waals surface area contributed by atoms with Gasteiger partial charge in [0.15, 0.2) is 5.60 Å². The van der Waals surface area contributed by atoms with E-state index >= 15 is 0 Å². The number of carbonyl (C=O) groups excluding carboxylic acids is 2. The molecule has 1 saturated carbocycles. The van der Waals surface area contributed by atoms with Gasteiger partial charge in [-0.1, -0.05) is 58.1 Å². The number of carboxylic acids is 1. The Bertz CT molecular complexity index is 599. The fraction of sp³-hybridized carbons (Fsp3) is 0.800. The van der Waals surface area contributed by atoms with E-state index in [1.807, 2.05) is 6.92 Å². The van der Waals surface area contributed by atoms with Crippen molar-refractivity contribution in [3.05, 3.63) is 12.2 Å². The molecule has 3 N–H and O–H groups in total. The van der Waals surface area contributed by atoms with Crippen molar-refractivity contribution in [1.82, 2.24) is 5.32 Å². The number of aliphatic carboxylic acids is 1. The zero-order chi connectivity index (χ0) is 23.3. The summed E-state index contributed by atoms with van der Waals surface area (Å²) in [5, 5.41) is 21.9. The summed E-state index contributed by atoms with van der Waals surface area (Å²) in [5.74, 6) is -1.05. The molecule has 6 heteroatoms. The highest BCUT2D eigenvalue weighted by atomic mass is 16.4. The number of hydrogen-bond donors (Lipinski definition) is 3. The van der Waals surface area contributed by atoms with Crippen molar-refractivity contribution in [2.45, 2.75) is 116 Å². The summed E-state index contributed by atoms with van der Waals surface area (Å²) in [6.07, 6.45) is 14.9. The van der Waals surface area contributed by atoms with Crippen molar-refractivity contribution in [2.75, 3.05) is 0 Å². The molecule has 1 rings (SSSR count). The summed E-state index contributed by atoms with van der Waals surface area (Å²) in [4.78, 5) is 35.9. The van der Waals surface area contributed by atoms with Crippen LogP contribution in [0.4, 0.5) is 0 Å². The van der Waals surface area contributed by atoms with E-state index in [4.69, 9.17) is 5.11 Å². The van der Waals surface area contributed by atoms with Crippen LogP contribution in [0.1, 0.15) is 104 Å². The Hall–Kier alpha value is -1.69. The quantitative estimate of drug-likeness (QED) is 0.238. The number of carboxylic acid groups (broad SMARTS) is 1. The van der Waals surface area contributed by atoms with Gasteiger partial charge in [-0.15, -0.1) is 0 Å². The van der Waals surface area contributed by atoms with Gasteiger partial charge in [0.25, 0.3) is 0 Å². The van der Waals surface area contributed by atoms with E-state index in [1.165, 1.54) is 26.2 Å². The van der Waals surface area contributed by atoms with E-state index in [0.717, 1.165) is 38.5 Å². The van der Waals surface area contributed by atoms with Gasteiger partial charge in [-0.05, 0) is 45.4 Å². The van der Waals surface area contributed by atoms with Crippen molar-refractivity contribution in [3.8, 4) is 0 Å². The molecule has 4 atom stereocenters. The number of hydrogen-bond acceptors (Lipinski definition) is 4. The summed E-state index contributed by atoms with van der Waals surface area (Å²) >= 11 is 0. The number of Topliss-reactive ketones (excluding diaryl/α,β-unsaturated/α-hetero) is 1. The molecular formula is C25H43NO5. The fourth-order valence-corrected chi connectivity index (χ4v) is 4.33. The molecule has 1 unspecified atom stereocenters. The number of unbranched alkanes of at least 4 members (excludes halogenated alkanes) is 6. The summed E-state index contributed by atoms with van der Waals surface area (Å²) in [6, 6.07) is -0.129. The summed E-state index contributed by atoms with van der Waals surface area (Å²) in [7, 11) is 0. The number of carbonyl (C=O) groups is 3. The molecule has 6 nitrogen and oxygen atoms in total. The average molecular weight is 438 g/mol. The molecule has 31 heavy (non-hydrogen) atoms. The maximum Gasteiger partial charge on any atom is 0.335 e. The number of rotatable bonds is 16. The van der Waals surface area contributed by atoms with Crippen molar-refractivity contribution in [1.29, 1.82) is 0 Å². The van der Waals surface area contributed by atoms with Gasteiger partial charge < -0.3 is 15.5 Å². The SMILES string of the molecule is CCCCCCC=C[C@H]1[C@H](NC(=O)CCC)CC(=O)[C@@H]1CCCCCC(C)(O)C(=O)O. The van der Waals surface area contributed by atoms with Crippen molar-refractivity contribution in [3.63, 3.8) is 0 Å². The number of nitrogens with one attached hydrogen (secondary N) is 1. The van der Waals surface area contributed by atoms with Gasteiger partial charge in [-0.2, -0.15) is 0 Å². The summed E-state index contributed by atoms with van der Waals surface area (Å²) < 4.78 is 0. The molecule has 0 aromatic heterocycles. The monoisotopic (exact) mass is 437 g/mol. The van der Waals surface area contributed by atoms with E-state index < -0.39 is 11.6 Å². The molecule has 178 valence electrons. The maximum atomic E-state index is 12.7. The zero-order valence-electron chi connectivity index (χ0n) is 19.7. The first-order valence-electron chi connectivity index (χ1n) is 12.2. The van der Waals surface area contributed by atoms with Crippen LogP contribution in [0.5, 0.6) is 0 Å². The number of ketones is 1. The van der Waals surface area contributed by atoms with Gasteiger partial charge in [-0.3, -0.25) is 9.59 Å². The first-order valence-corrected chi connectivity index (χ1v) is 12.2. The van der Waals surface area contributed by atoms with Gasteiger partial charge in [0, 0.05) is 30.7 Å². The minimum Gasteiger partial charge on any atom is -0.479 e. The molecule has 0 saturated heterocycles. The predicted octanol–water partition coefficient (Wildman–Crippen LogP) is 4.79. The Morgan fingerprint density at radius 2 is 1.81 bits per heavy atom. The third kappa shape index (κ3) is 9.98. The Morgan fingerprint density at radius 3 is 2.45 bits per heavy atom. The normalized spacial score (nSPS) is 23.2. The standard InChI is InChI=1S/C25H43NO5/c1-4-6-7-8-9-11-15-19-20(16-12-10-13-17-25(3,31)24(29)30)22(27)18-21(19)26-23(28)14-5-2/h11,15,19-21,31H,4-10,12-14,16-18H2,1-3H3,(H,26,28)(H,29,30)/t19-,20-,21-,25?/m1/s1. The van der Waals surface area contributed by atoms with Gasteiger partial charge in [0.2, 0.25) is 5.91 Å². The second kappa shape index (κ2) is 14.4. The molecule has 0 aliphatic heterocycles. The third-order valence-corrected chi connectivity index (χ3v) is 6.31. The molecule has 0 heterocycles. The molecule has 0 aromatic rings. The fourth-order valence-electron chi connectivity index (χ4n) is 4.33. The van der Waals surface area contributed by atoms with Gasteiger partial charge >= 0.3 is 5.97 Å². The summed E-state index contributed by atoms with van der Waals surface area (Å²) in [6.45, 7) is 5.48. The lowest BCUT2D eigenvalue weighted by molar-refractivity contribution is -0.157. The molecule has 1 fully saturated rings. The van der Waals surface area contributed by atoms with E-state index in [1.54, 1.807) is 0 Å². The summed E-state index contributed by atoms with van der Waals surface area (Å²) in [5.41, 5.74) is -1.69. The molecule has 0 radical (unpaired) electrons. The van der Waals surface area contributed by atoms with Gasteiger partial charge in [-0.25, -0.2) is 4.79 Å². The maximum absolute atomic E-state index is 12.7. The van der Waals surface area contributed by atoms with Crippen molar-refractivity contribution < 1.29 is 24.6 Å². The number of allylic oxidation sites excluding steroid dienone is 1. The number of aliphatic hydroxyl groups is 1. The smallest absolute Gasteiger partial charge is 0.335 e. The topological polar surface area (TPSA) is 104 Å². The van der Waals surface area contributed by atoms with E-state index in [2.05, 4.69) is 24.4 Å². The van der Waals surface area contributed by atoms with Crippen molar-refractivity contribution >= 4 is 17.7 Å². The van der Waals surface area contributed by atoms with Crippen LogP contribution in [0.25, 0.3) is 0 Å². The lowest BCUT2D eigenvalue weighted by Crippen LogP contribution is -2.37. The lowest BCUT2D eigenvalue weighted by Gasteiger charge is -2.22. The molecule has 0 aromatic carbocycles. The molecule has 0 spiro atoms. The minimum atomic E-state index is -1.69. The van der Waals surface area contributed by atoms with Crippen LogP contribution in [0.15, 0.2) is 12.2 Å². The van der Waals surface area contributed by atoms with Crippen LogP contribution in [0.3, 0.4) is 0 Å². The van der Waals surface area contributed by atoms with Crippen LogP contribution >= 0.6 is 0 Å². The Kier molecular flexibility index (Phi) is 12.7. The van der Waals surface area contributed by atoms with E-state index in [9.17, 15) is 19.5 Å². The van der Waals surface area contributed by atoms with Crippen molar-refractivity contribution in [2.24, 2.45) is 11.8 Å². The molecule has 1 aliphatic rings. The van der Waals surface area contributed by atoms with E-state index in [-0.39, 0.29) is 36.0 Å². The average Bonchev–Trinajstić information content (AvgIpc) is 2.98. The Morgan fingerprint density at radius 1 is 1.10 bits per heavy atom.